The fourth-order valence-corrected chi connectivity index (χ4v) is 5.37. The molecule has 6 heteroatoms. The van der Waals surface area contributed by atoms with Crippen LogP contribution in [0.25, 0.3) is 11.3 Å². The molecule has 164 valence electrons. The lowest BCUT2D eigenvalue weighted by Gasteiger charge is -2.50. The summed E-state index contributed by atoms with van der Waals surface area (Å²) in [4.78, 5) is 16.7. The Labute approximate surface area is 184 Å². The maximum absolute atomic E-state index is 11.6. The van der Waals surface area contributed by atoms with Gasteiger partial charge in [0.2, 0.25) is 0 Å². The number of piperidine rings is 2. The van der Waals surface area contributed by atoms with E-state index < -0.39 is 0 Å². The highest BCUT2D eigenvalue weighted by Gasteiger charge is 2.39. The number of rotatable bonds is 4. The van der Waals surface area contributed by atoms with Crippen LogP contribution in [0.5, 0.6) is 0 Å². The number of methoxy groups -OCH3 is 1. The van der Waals surface area contributed by atoms with Gasteiger partial charge in [0.05, 0.1) is 18.4 Å². The Hall–Kier alpha value is -2.47. The van der Waals surface area contributed by atoms with Gasteiger partial charge in [0, 0.05) is 24.7 Å². The minimum atomic E-state index is -0.329. The summed E-state index contributed by atoms with van der Waals surface area (Å²) >= 11 is 0. The molecule has 2 aromatic rings. The zero-order valence-corrected chi connectivity index (χ0v) is 18.4. The highest BCUT2D eigenvalue weighted by atomic mass is 16.5. The second-order valence-corrected chi connectivity index (χ2v) is 9.45. The lowest BCUT2D eigenvalue weighted by molar-refractivity contribution is 0.0305. The van der Waals surface area contributed by atoms with Crippen LogP contribution in [-0.4, -0.2) is 60.4 Å². The summed E-state index contributed by atoms with van der Waals surface area (Å²) in [5.41, 5.74) is 2.85. The monoisotopic (exact) mass is 420 g/mol. The van der Waals surface area contributed by atoms with Crippen molar-refractivity contribution in [2.24, 2.45) is 5.41 Å². The average molecular weight is 421 g/mol. The molecule has 31 heavy (non-hydrogen) atoms. The predicted octanol–water partition coefficient (Wildman–Crippen LogP) is 4.17. The summed E-state index contributed by atoms with van der Waals surface area (Å²) in [6.45, 7) is 4.75. The lowest BCUT2D eigenvalue weighted by atomic mass is 9.70. The van der Waals surface area contributed by atoms with Gasteiger partial charge in [0.25, 0.3) is 0 Å². The van der Waals surface area contributed by atoms with E-state index in [0.29, 0.717) is 11.0 Å². The molecule has 1 aromatic carbocycles. The lowest BCUT2D eigenvalue weighted by Crippen LogP contribution is -2.51. The second kappa shape index (κ2) is 8.58. The van der Waals surface area contributed by atoms with E-state index >= 15 is 0 Å². The largest absolute Gasteiger partial charge is 0.465 e. The van der Waals surface area contributed by atoms with E-state index in [-0.39, 0.29) is 5.97 Å². The Morgan fingerprint density at radius 1 is 0.935 bits per heavy atom. The number of hydrogen-bond donors (Lipinski definition) is 0. The van der Waals surface area contributed by atoms with E-state index in [2.05, 4.69) is 26.1 Å². The van der Waals surface area contributed by atoms with Gasteiger partial charge in [-0.3, -0.25) is 0 Å². The van der Waals surface area contributed by atoms with E-state index in [1.165, 1.54) is 65.1 Å². The molecule has 6 nitrogen and oxygen atoms in total. The molecule has 2 aliphatic heterocycles. The van der Waals surface area contributed by atoms with Crippen LogP contribution in [0.4, 0.5) is 5.82 Å². The number of ether oxygens (including phenoxy) is 1. The first-order valence-electron chi connectivity index (χ1n) is 11.7. The van der Waals surface area contributed by atoms with Crippen LogP contribution in [0.15, 0.2) is 36.4 Å². The van der Waals surface area contributed by atoms with Gasteiger partial charge in [-0.2, -0.15) is 0 Å². The number of nitrogens with zero attached hydrogens (tertiary/aromatic N) is 4. The third-order valence-corrected chi connectivity index (χ3v) is 7.85. The molecule has 0 radical (unpaired) electrons. The van der Waals surface area contributed by atoms with E-state index in [0.717, 1.165) is 36.2 Å². The van der Waals surface area contributed by atoms with Crippen LogP contribution < -0.4 is 4.90 Å². The van der Waals surface area contributed by atoms with E-state index in [4.69, 9.17) is 4.74 Å². The Bertz CT molecular complexity index is 890. The normalized spacial score (nSPS) is 21.6. The minimum Gasteiger partial charge on any atom is -0.465 e. The van der Waals surface area contributed by atoms with Gasteiger partial charge in [-0.15, -0.1) is 10.2 Å². The number of anilines is 1. The van der Waals surface area contributed by atoms with Crippen molar-refractivity contribution in [3.8, 4) is 11.3 Å². The van der Waals surface area contributed by atoms with Gasteiger partial charge in [-0.25, -0.2) is 4.79 Å². The molecule has 0 unspecified atom stereocenters. The van der Waals surface area contributed by atoms with Crippen LogP contribution in [0.3, 0.4) is 0 Å². The Morgan fingerprint density at radius 3 is 2.16 bits per heavy atom. The Morgan fingerprint density at radius 2 is 1.61 bits per heavy atom. The molecule has 0 N–H and O–H groups in total. The average Bonchev–Trinajstić information content (AvgIpc) is 2.80. The molecule has 1 saturated carbocycles. The van der Waals surface area contributed by atoms with E-state index in [1.54, 1.807) is 12.1 Å². The summed E-state index contributed by atoms with van der Waals surface area (Å²) in [7, 11) is 1.39. The van der Waals surface area contributed by atoms with E-state index in [9.17, 15) is 4.79 Å². The van der Waals surface area contributed by atoms with Crippen LogP contribution >= 0.6 is 0 Å². The van der Waals surface area contributed by atoms with Gasteiger partial charge in [0.15, 0.2) is 5.82 Å². The van der Waals surface area contributed by atoms with Crippen LogP contribution in [-0.2, 0) is 4.74 Å². The van der Waals surface area contributed by atoms with Crippen LogP contribution in [0, 0.1) is 5.41 Å². The fraction of sp³-hybridized carbons (Fsp3) is 0.560. The van der Waals surface area contributed by atoms with Gasteiger partial charge in [-0.05, 0) is 81.3 Å². The first-order chi connectivity index (χ1) is 15.2. The van der Waals surface area contributed by atoms with Crippen LogP contribution in [0.1, 0.15) is 55.3 Å². The Balaban J connectivity index is 1.17. The molecule has 1 aromatic heterocycles. The zero-order valence-electron chi connectivity index (χ0n) is 18.4. The van der Waals surface area contributed by atoms with E-state index in [1.807, 2.05) is 18.2 Å². The van der Waals surface area contributed by atoms with Crippen molar-refractivity contribution in [1.82, 2.24) is 15.1 Å². The smallest absolute Gasteiger partial charge is 0.337 e. The highest BCUT2D eigenvalue weighted by molar-refractivity contribution is 5.89. The molecule has 2 saturated heterocycles. The van der Waals surface area contributed by atoms with Gasteiger partial charge < -0.3 is 14.5 Å². The predicted molar refractivity (Wildman–Crippen MR) is 121 cm³/mol. The van der Waals surface area contributed by atoms with Crippen molar-refractivity contribution in [3.05, 3.63) is 42.0 Å². The molecular weight excluding hydrogens is 388 g/mol. The molecular formula is C25H32N4O2. The molecule has 5 rings (SSSR count). The molecule has 0 bridgehead atoms. The quantitative estimate of drug-likeness (QED) is 0.692. The van der Waals surface area contributed by atoms with Crippen molar-refractivity contribution in [2.75, 3.05) is 38.2 Å². The third-order valence-electron chi connectivity index (χ3n) is 7.85. The first-order valence-corrected chi connectivity index (χ1v) is 11.7. The molecule has 0 amide bonds. The van der Waals surface area contributed by atoms with Crippen molar-refractivity contribution in [1.29, 1.82) is 0 Å². The summed E-state index contributed by atoms with van der Waals surface area (Å²) < 4.78 is 4.75. The number of likely N-dealkylation sites (tertiary alicyclic amines) is 1. The Kier molecular flexibility index (Phi) is 5.65. The van der Waals surface area contributed by atoms with Gasteiger partial charge in [0.1, 0.15) is 0 Å². The fourth-order valence-electron chi connectivity index (χ4n) is 5.37. The molecule has 3 aliphatic rings. The topological polar surface area (TPSA) is 58.6 Å². The summed E-state index contributed by atoms with van der Waals surface area (Å²) in [5.74, 6) is 0.640. The molecule has 1 spiro atoms. The number of carbonyl (C=O) groups excluding carboxylic acids is 1. The number of hydrogen-bond acceptors (Lipinski definition) is 6. The molecule has 3 heterocycles. The van der Waals surface area contributed by atoms with Crippen molar-refractivity contribution in [2.45, 2.75) is 51.0 Å². The van der Waals surface area contributed by atoms with Gasteiger partial charge in [-0.1, -0.05) is 18.6 Å². The molecule has 1 aliphatic carbocycles. The number of benzene rings is 1. The standard InChI is InChI=1S/C25H32N4O2/c1-31-24(30)20-7-5-19(6-8-20)22-9-10-23(27-26-22)29-17-13-25(14-18-29)11-15-28(16-12-25)21-3-2-4-21/h5-10,21H,2-4,11-18H2,1H3. The summed E-state index contributed by atoms with van der Waals surface area (Å²) in [6, 6.07) is 12.3. The summed E-state index contributed by atoms with van der Waals surface area (Å²) in [6.07, 6.45) is 9.54. The molecule has 0 atom stereocenters. The van der Waals surface area contributed by atoms with Gasteiger partial charge >= 0.3 is 5.97 Å². The first kappa shape index (κ1) is 20.4. The second-order valence-electron chi connectivity index (χ2n) is 9.45. The maximum Gasteiger partial charge on any atom is 0.337 e. The van der Waals surface area contributed by atoms with Crippen molar-refractivity contribution < 1.29 is 9.53 Å². The highest BCUT2D eigenvalue weighted by Crippen LogP contribution is 2.43. The van der Waals surface area contributed by atoms with Crippen LogP contribution in [0.2, 0.25) is 0 Å². The maximum atomic E-state index is 11.6. The summed E-state index contributed by atoms with van der Waals surface area (Å²) in [5, 5.41) is 8.97. The SMILES string of the molecule is COC(=O)c1ccc(-c2ccc(N3CCC4(CC3)CCN(C3CCC3)CC4)nn2)cc1. The zero-order chi connectivity index (χ0) is 21.3. The van der Waals surface area contributed by atoms with Crippen molar-refractivity contribution in [3.63, 3.8) is 0 Å². The number of aromatic nitrogens is 2. The minimum absolute atomic E-state index is 0.329. The third kappa shape index (κ3) is 4.18. The molecule has 3 fully saturated rings. The number of carbonyl (C=O) groups is 1. The number of esters is 1. The van der Waals surface area contributed by atoms with Crippen molar-refractivity contribution >= 4 is 11.8 Å².